The Morgan fingerprint density at radius 2 is 1.94 bits per heavy atom. The minimum atomic E-state index is -0.0800. The zero-order valence-electron chi connectivity index (χ0n) is 18.1. The van der Waals surface area contributed by atoms with Crippen molar-refractivity contribution in [1.82, 2.24) is 19.6 Å². The molecule has 32 heavy (non-hydrogen) atoms. The van der Waals surface area contributed by atoms with E-state index < -0.39 is 0 Å². The molecule has 0 bridgehead atoms. The van der Waals surface area contributed by atoms with Gasteiger partial charge in [-0.05, 0) is 51.0 Å². The van der Waals surface area contributed by atoms with Crippen LogP contribution in [0.1, 0.15) is 29.1 Å². The summed E-state index contributed by atoms with van der Waals surface area (Å²) in [7, 11) is 0. The van der Waals surface area contributed by atoms with Crippen molar-refractivity contribution >= 4 is 28.0 Å². The van der Waals surface area contributed by atoms with Crippen molar-refractivity contribution in [3.8, 4) is 22.8 Å². The highest BCUT2D eigenvalue weighted by atomic mass is 32.1. The summed E-state index contributed by atoms with van der Waals surface area (Å²) in [5.41, 5.74) is 6.46. The van der Waals surface area contributed by atoms with Gasteiger partial charge in [0.05, 0.1) is 11.4 Å². The minimum Gasteiger partial charge on any atom is -0.486 e. The van der Waals surface area contributed by atoms with Crippen LogP contribution in [0.3, 0.4) is 0 Å². The van der Waals surface area contributed by atoms with Crippen LogP contribution < -0.4 is 14.8 Å². The van der Waals surface area contributed by atoms with Crippen LogP contribution in [0.15, 0.2) is 29.6 Å². The first-order chi connectivity index (χ1) is 15.5. The molecule has 5 rings (SSSR count). The van der Waals surface area contributed by atoms with Crippen molar-refractivity contribution in [1.29, 1.82) is 0 Å². The molecule has 1 aliphatic rings. The Kier molecular flexibility index (Phi) is 5.26. The van der Waals surface area contributed by atoms with Gasteiger partial charge in [0.2, 0.25) is 5.91 Å². The molecule has 1 N–H and O–H groups in total. The first-order valence-electron chi connectivity index (χ1n) is 10.5. The first kappa shape index (κ1) is 20.4. The molecule has 1 aliphatic heterocycles. The summed E-state index contributed by atoms with van der Waals surface area (Å²) < 4.78 is 13.1. The fraction of sp³-hybridized carbons (Fsp3) is 0.304. The Morgan fingerprint density at radius 3 is 2.78 bits per heavy atom. The van der Waals surface area contributed by atoms with Gasteiger partial charge in [0.15, 0.2) is 22.3 Å². The number of nitrogens with one attached hydrogen (secondary N) is 1. The van der Waals surface area contributed by atoms with Crippen LogP contribution in [0.5, 0.6) is 11.5 Å². The molecule has 0 spiro atoms. The molecule has 3 aromatic heterocycles. The van der Waals surface area contributed by atoms with Gasteiger partial charge >= 0.3 is 0 Å². The van der Waals surface area contributed by atoms with Gasteiger partial charge in [0.25, 0.3) is 0 Å². The molecule has 9 heteroatoms. The van der Waals surface area contributed by atoms with Crippen molar-refractivity contribution in [3.63, 3.8) is 0 Å². The summed E-state index contributed by atoms with van der Waals surface area (Å²) in [6.45, 7) is 7.04. The molecular formula is C23H23N5O3S. The summed E-state index contributed by atoms with van der Waals surface area (Å²) in [6.07, 6.45) is 0.930. The maximum atomic E-state index is 12.6. The van der Waals surface area contributed by atoms with Crippen LogP contribution in [0.2, 0.25) is 0 Å². The highest BCUT2D eigenvalue weighted by Gasteiger charge is 2.16. The van der Waals surface area contributed by atoms with Crippen LogP contribution in [0.25, 0.3) is 16.9 Å². The second-order valence-corrected chi connectivity index (χ2v) is 8.62. The van der Waals surface area contributed by atoms with E-state index in [4.69, 9.17) is 9.47 Å². The van der Waals surface area contributed by atoms with Gasteiger partial charge in [-0.2, -0.15) is 5.10 Å². The van der Waals surface area contributed by atoms with Crippen molar-refractivity contribution < 1.29 is 14.3 Å². The predicted molar refractivity (Wildman–Crippen MR) is 123 cm³/mol. The summed E-state index contributed by atoms with van der Waals surface area (Å²) >= 11 is 1.40. The van der Waals surface area contributed by atoms with Gasteiger partial charge in [-0.25, -0.2) is 14.5 Å². The van der Waals surface area contributed by atoms with E-state index in [9.17, 15) is 4.79 Å². The van der Waals surface area contributed by atoms with E-state index >= 15 is 0 Å². The lowest BCUT2D eigenvalue weighted by Gasteiger charge is -2.18. The molecule has 1 aromatic carbocycles. The number of aryl methyl sites for hydroxylation is 3. The molecule has 164 valence electrons. The highest BCUT2D eigenvalue weighted by molar-refractivity contribution is 7.14. The number of amides is 1. The summed E-state index contributed by atoms with van der Waals surface area (Å²) in [5.74, 6) is 1.38. The van der Waals surface area contributed by atoms with E-state index in [2.05, 4.69) is 20.4 Å². The minimum absolute atomic E-state index is 0.0800. The van der Waals surface area contributed by atoms with Gasteiger partial charge in [0, 0.05) is 34.8 Å². The van der Waals surface area contributed by atoms with Gasteiger partial charge < -0.3 is 14.8 Å². The third-order valence-corrected chi connectivity index (χ3v) is 6.23. The van der Waals surface area contributed by atoms with Crippen molar-refractivity contribution in [2.75, 3.05) is 18.5 Å². The van der Waals surface area contributed by atoms with E-state index in [-0.39, 0.29) is 5.91 Å². The number of fused-ring (bicyclic) bond motifs is 2. The Bertz CT molecular complexity index is 1330. The molecule has 0 unspecified atom stereocenters. The average Bonchev–Trinajstić information content (AvgIpc) is 3.39. The van der Waals surface area contributed by atoms with E-state index in [1.54, 1.807) is 0 Å². The molecule has 4 aromatic rings. The number of carbonyl (C=O) groups is 1. The smallest absolute Gasteiger partial charge is 0.226 e. The van der Waals surface area contributed by atoms with Crippen LogP contribution in [-0.4, -0.2) is 38.7 Å². The molecule has 0 saturated heterocycles. The lowest BCUT2D eigenvalue weighted by atomic mass is 10.1. The second-order valence-electron chi connectivity index (χ2n) is 7.76. The molecule has 8 nitrogen and oxygen atoms in total. The number of carbonyl (C=O) groups excluding carboxylic acids is 1. The van der Waals surface area contributed by atoms with Gasteiger partial charge in [0.1, 0.15) is 13.2 Å². The van der Waals surface area contributed by atoms with Crippen LogP contribution in [0, 0.1) is 20.8 Å². The third kappa shape index (κ3) is 3.91. The maximum absolute atomic E-state index is 12.6. The lowest BCUT2D eigenvalue weighted by molar-refractivity contribution is -0.116. The number of aromatic nitrogens is 4. The lowest BCUT2D eigenvalue weighted by Crippen LogP contribution is -2.15. The molecule has 1 amide bonds. The summed E-state index contributed by atoms with van der Waals surface area (Å²) in [6, 6.07) is 7.71. The van der Waals surface area contributed by atoms with E-state index in [1.807, 2.05) is 54.9 Å². The maximum Gasteiger partial charge on any atom is 0.226 e. The monoisotopic (exact) mass is 449 g/mol. The zero-order chi connectivity index (χ0) is 22.2. The number of hydrogen-bond acceptors (Lipinski definition) is 7. The SMILES string of the molecule is Cc1cc2nc(C)c(CCC(=O)Nc3nc(-c4ccc5c(c4)OCCO5)cs3)c(C)n2n1. The number of nitrogens with zero attached hydrogens (tertiary/aromatic N) is 4. The van der Waals surface area contributed by atoms with E-state index in [1.165, 1.54) is 11.3 Å². The fourth-order valence-corrected chi connectivity index (χ4v) is 4.63. The Labute approximate surface area is 189 Å². The van der Waals surface area contributed by atoms with E-state index in [0.29, 0.717) is 31.2 Å². The predicted octanol–water partition coefficient (Wildman–Crippen LogP) is 4.12. The molecule has 0 saturated carbocycles. The molecular weight excluding hydrogens is 426 g/mol. The molecule has 4 heterocycles. The molecule has 0 fully saturated rings. The largest absolute Gasteiger partial charge is 0.486 e. The van der Waals surface area contributed by atoms with Gasteiger partial charge in [-0.15, -0.1) is 11.3 Å². The Balaban J connectivity index is 1.26. The number of benzene rings is 1. The number of thiazole rings is 1. The molecule has 0 aliphatic carbocycles. The highest BCUT2D eigenvalue weighted by Crippen LogP contribution is 2.35. The number of ether oxygens (including phenoxy) is 2. The fourth-order valence-electron chi connectivity index (χ4n) is 3.89. The van der Waals surface area contributed by atoms with E-state index in [0.717, 1.165) is 51.0 Å². The second kappa shape index (κ2) is 8.23. The Hall–Kier alpha value is -3.46. The third-order valence-electron chi connectivity index (χ3n) is 5.48. The van der Waals surface area contributed by atoms with Crippen LogP contribution in [-0.2, 0) is 11.2 Å². The zero-order valence-corrected chi connectivity index (χ0v) is 19.0. The summed E-state index contributed by atoms with van der Waals surface area (Å²) in [4.78, 5) is 21.8. The normalized spacial score (nSPS) is 12.8. The molecule has 0 atom stereocenters. The summed E-state index contributed by atoms with van der Waals surface area (Å²) in [5, 5.41) is 9.91. The topological polar surface area (TPSA) is 90.6 Å². The van der Waals surface area contributed by atoms with Crippen LogP contribution in [0.4, 0.5) is 5.13 Å². The van der Waals surface area contributed by atoms with Gasteiger partial charge in [-0.3, -0.25) is 4.79 Å². The first-order valence-corrected chi connectivity index (χ1v) is 11.3. The Morgan fingerprint density at radius 1 is 1.12 bits per heavy atom. The van der Waals surface area contributed by atoms with Gasteiger partial charge in [-0.1, -0.05) is 0 Å². The van der Waals surface area contributed by atoms with Crippen molar-refractivity contribution in [2.24, 2.45) is 0 Å². The molecule has 0 radical (unpaired) electrons. The van der Waals surface area contributed by atoms with Crippen molar-refractivity contribution in [2.45, 2.75) is 33.6 Å². The number of rotatable bonds is 5. The number of anilines is 1. The van der Waals surface area contributed by atoms with Crippen LogP contribution >= 0.6 is 11.3 Å². The van der Waals surface area contributed by atoms with Crippen molar-refractivity contribution in [3.05, 3.63) is 52.3 Å². The number of hydrogen-bond donors (Lipinski definition) is 1. The quantitative estimate of drug-likeness (QED) is 0.493. The average molecular weight is 450 g/mol. The standard InChI is InChI=1S/C23H23N5O3S/c1-13-10-21-24-14(2)17(15(3)28(21)27-13)5-7-22(29)26-23-25-18(12-32-23)16-4-6-19-20(11-16)31-9-8-30-19/h4,6,10-12H,5,7-9H2,1-3H3,(H,25,26,29).